The molecule has 308 valence electrons. The maximum atomic E-state index is 5.57. The number of allylic oxidation sites excluding steroid dienone is 2. The van der Waals surface area contributed by atoms with Crippen LogP contribution >= 0.6 is 0 Å². The van der Waals surface area contributed by atoms with Gasteiger partial charge in [0.15, 0.2) is 0 Å². The van der Waals surface area contributed by atoms with Gasteiger partial charge in [-0.1, -0.05) is 166 Å². The van der Waals surface area contributed by atoms with Crippen molar-refractivity contribution in [2.45, 2.75) is 51.9 Å². The third-order valence-electron chi connectivity index (χ3n) is 14.1. The van der Waals surface area contributed by atoms with Crippen LogP contribution in [0.3, 0.4) is 0 Å². The van der Waals surface area contributed by atoms with Crippen molar-refractivity contribution in [1.82, 2.24) is 4.57 Å². The van der Waals surface area contributed by atoms with Gasteiger partial charge in [0.05, 0.1) is 22.4 Å². The Kier molecular flexibility index (Phi) is 9.01. The summed E-state index contributed by atoms with van der Waals surface area (Å²) in [5.74, 6) is 0. The molecule has 8 aromatic carbocycles. The van der Waals surface area contributed by atoms with Crippen molar-refractivity contribution in [3.8, 4) is 27.9 Å². The molecule has 0 spiro atoms. The van der Waals surface area contributed by atoms with Crippen LogP contribution in [0.25, 0.3) is 55.4 Å². The molecule has 3 nitrogen and oxygen atoms in total. The van der Waals surface area contributed by atoms with Crippen LogP contribution in [0.15, 0.2) is 210 Å². The molecule has 9 aromatic rings. The number of anilines is 2. The molecule has 0 fully saturated rings. The van der Waals surface area contributed by atoms with E-state index in [4.69, 9.17) is 4.99 Å². The largest absolute Gasteiger partial charge is 0.313 e. The summed E-state index contributed by atoms with van der Waals surface area (Å²) in [7, 11) is 0. The van der Waals surface area contributed by atoms with Crippen LogP contribution in [0.4, 0.5) is 11.4 Å². The van der Waals surface area contributed by atoms with Crippen molar-refractivity contribution in [2.75, 3.05) is 4.90 Å². The highest BCUT2D eigenvalue weighted by atomic mass is 15.2. The molecule has 0 radical (unpaired) electrons. The monoisotopic (exact) mass is 823 g/mol. The van der Waals surface area contributed by atoms with Gasteiger partial charge in [-0.05, 0) is 118 Å². The molecule has 0 bridgehead atoms. The average Bonchev–Trinajstić information content (AvgIpc) is 3.61. The van der Waals surface area contributed by atoms with E-state index < -0.39 is 0 Å². The van der Waals surface area contributed by atoms with Crippen molar-refractivity contribution < 1.29 is 0 Å². The SMILES string of the molecule is CCC1=C(c2ccccc2)N=C(c2ccccc2)C=C(N2c3ccc(-c4ccc5c6ccccc6n(-c6ccccc6)c5c4)cc3CCc3c2ccc2c3C(C)(C)c3ccccc3-2)C1. The van der Waals surface area contributed by atoms with Gasteiger partial charge in [0, 0.05) is 56.5 Å². The van der Waals surface area contributed by atoms with Crippen LogP contribution in [0.2, 0.25) is 0 Å². The van der Waals surface area contributed by atoms with Gasteiger partial charge in [-0.15, -0.1) is 0 Å². The minimum atomic E-state index is -0.138. The molecule has 3 aliphatic rings. The number of aromatic nitrogens is 1. The van der Waals surface area contributed by atoms with Crippen molar-refractivity contribution >= 4 is 44.6 Å². The second-order valence-electron chi connectivity index (χ2n) is 18.1. The number of rotatable bonds is 6. The van der Waals surface area contributed by atoms with Gasteiger partial charge in [0.1, 0.15) is 0 Å². The second-order valence-corrected chi connectivity index (χ2v) is 18.1. The predicted molar refractivity (Wildman–Crippen MR) is 269 cm³/mol. The highest BCUT2D eigenvalue weighted by molar-refractivity contribution is 6.13. The zero-order valence-corrected chi connectivity index (χ0v) is 36.6. The number of aryl methyl sites for hydroxylation is 1. The molecule has 0 unspecified atom stereocenters. The van der Waals surface area contributed by atoms with E-state index in [-0.39, 0.29) is 5.41 Å². The maximum Gasteiger partial charge on any atom is 0.0727 e. The molecular formula is C61H49N3. The van der Waals surface area contributed by atoms with E-state index in [1.54, 1.807) is 0 Å². The van der Waals surface area contributed by atoms with Crippen molar-refractivity contribution in [3.63, 3.8) is 0 Å². The smallest absolute Gasteiger partial charge is 0.0727 e. The third-order valence-corrected chi connectivity index (χ3v) is 14.1. The first-order valence-corrected chi connectivity index (χ1v) is 22.9. The molecule has 0 atom stereocenters. The van der Waals surface area contributed by atoms with Gasteiger partial charge in [-0.25, -0.2) is 4.99 Å². The molecule has 2 aliphatic heterocycles. The number of fused-ring (bicyclic) bond motifs is 9. The van der Waals surface area contributed by atoms with E-state index in [0.29, 0.717) is 0 Å². The molecule has 0 amide bonds. The normalized spacial score (nSPS) is 15.2. The number of aliphatic imine (C=N–C) groups is 1. The summed E-state index contributed by atoms with van der Waals surface area (Å²) in [4.78, 5) is 8.20. The minimum absolute atomic E-state index is 0.138. The maximum absolute atomic E-state index is 5.57. The summed E-state index contributed by atoms with van der Waals surface area (Å²) in [6, 6.07) is 69.3. The highest BCUT2D eigenvalue weighted by Crippen LogP contribution is 2.54. The Morgan fingerprint density at radius 2 is 1.20 bits per heavy atom. The summed E-state index contributed by atoms with van der Waals surface area (Å²) in [5.41, 5.74) is 23.8. The topological polar surface area (TPSA) is 20.5 Å². The first-order valence-electron chi connectivity index (χ1n) is 22.9. The molecular weight excluding hydrogens is 775 g/mol. The molecule has 12 rings (SSSR count). The molecule has 64 heavy (non-hydrogen) atoms. The standard InChI is InChI=1S/C61H49N3/c1-4-40-37-47(39-54(41-18-8-5-9-19-41)62-60(40)42-20-10-6-11-21-42)64-55-34-30-43(44-28-31-50-49-25-15-17-27-56(49)63(58(50)38-44)46-22-12-7-13-23-46)36-45(55)29-32-52-57(64)35-33-51-48-24-14-16-26-53(48)61(2,3)59(51)52/h5-28,30-31,33-36,38-39H,4,29,32,37H2,1-3H3. The number of hydrogen-bond acceptors (Lipinski definition) is 2. The molecule has 1 aromatic heterocycles. The Morgan fingerprint density at radius 3 is 2.00 bits per heavy atom. The van der Waals surface area contributed by atoms with Gasteiger partial charge < -0.3 is 9.47 Å². The minimum Gasteiger partial charge on any atom is -0.313 e. The molecule has 3 heterocycles. The molecule has 1 aliphatic carbocycles. The molecule has 0 saturated carbocycles. The van der Waals surface area contributed by atoms with E-state index in [1.807, 2.05) is 0 Å². The van der Waals surface area contributed by atoms with Crippen molar-refractivity contribution in [1.29, 1.82) is 0 Å². The van der Waals surface area contributed by atoms with E-state index in [1.165, 1.54) is 94.6 Å². The van der Waals surface area contributed by atoms with Gasteiger partial charge in [-0.2, -0.15) is 0 Å². The van der Waals surface area contributed by atoms with E-state index >= 15 is 0 Å². The number of para-hydroxylation sites is 2. The lowest BCUT2D eigenvalue weighted by atomic mass is 9.79. The fourth-order valence-corrected chi connectivity index (χ4v) is 11.1. The second kappa shape index (κ2) is 15.1. The molecule has 0 saturated heterocycles. The van der Waals surface area contributed by atoms with Crippen LogP contribution in [0.5, 0.6) is 0 Å². The summed E-state index contributed by atoms with van der Waals surface area (Å²) >= 11 is 0. The Bertz CT molecular complexity index is 3400. The Labute approximate surface area is 376 Å². The number of benzene rings is 8. The lowest BCUT2D eigenvalue weighted by Gasteiger charge is -2.32. The first kappa shape index (κ1) is 38.2. The predicted octanol–water partition coefficient (Wildman–Crippen LogP) is 15.6. The van der Waals surface area contributed by atoms with Gasteiger partial charge in [-0.3, -0.25) is 0 Å². The first-order chi connectivity index (χ1) is 31.5. The van der Waals surface area contributed by atoms with Gasteiger partial charge >= 0.3 is 0 Å². The zero-order valence-electron chi connectivity index (χ0n) is 36.6. The van der Waals surface area contributed by atoms with Crippen LogP contribution < -0.4 is 4.90 Å². The Balaban J connectivity index is 1.07. The molecule has 0 N–H and O–H groups in total. The van der Waals surface area contributed by atoms with Crippen LogP contribution in [-0.2, 0) is 18.3 Å². The quantitative estimate of drug-likeness (QED) is 0.164. The van der Waals surface area contributed by atoms with E-state index in [2.05, 4.69) is 224 Å². The fraction of sp³-hybridized carbons (Fsp3) is 0.131. The van der Waals surface area contributed by atoms with Crippen LogP contribution in [0.1, 0.15) is 67.0 Å². The summed E-state index contributed by atoms with van der Waals surface area (Å²) < 4.78 is 2.42. The van der Waals surface area contributed by atoms with Gasteiger partial charge in [0.25, 0.3) is 0 Å². The summed E-state index contributed by atoms with van der Waals surface area (Å²) in [5, 5.41) is 2.54. The van der Waals surface area contributed by atoms with Gasteiger partial charge in [0.2, 0.25) is 0 Å². The highest BCUT2D eigenvalue weighted by Gasteiger charge is 2.40. The Morgan fingerprint density at radius 1 is 0.547 bits per heavy atom. The number of hydrogen-bond donors (Lipinski definition) is 0. The fourth-order valence-electron chi connectivity index (χ4n) is 11.1. The average molecular weight is 824 g/mol. The van der Waals surface area contributed by atoms with E-state index in [9.17, 15) is 0 Å². The molecule has 3 heteroatoms. The number of nitrogens with zero attached hydrogens (tertiary/aromatic N) is 3. The lowest BCUT2D eigenvalue weighted by molar-refractivity contribution is 0.650. The van der Waals surface area contributed by atoms with E-state index in [0.717, 1.165) is 48.2 Å². The lowest BCUT2D eigenvalue weighted by Crippen LogP contribution is -2.22. The summed E-state index contributed by atoms with van der Waals surface area (Å²) in [6.45, 7) is 7.15. The summed E-state index contributed by atoms with van der Waals surface area (Å²) in [6.07, 6.45) is 5.94. The Hall–Kier alpha value is -7.49. The third kappa shape index (κ3) is 6.06. The van der Waals surface area contributed by atoms with Crippen LogP contribution in [-0.4, -0.2) is 10.3 Å². The van der Waals surface area contributed by atoms with Crippen molar-refractivity contribution in [3.05, 3.63) is 239 Å². The zero-order chi connectivity index (χ0) is 42.9. The van der Waals surface area contributed by atoms with Crippen molar-refractivity contribution in [2.24, 2.45) is 4.99 Å². The van der Waals surface area contributed by atoms with Crippen LogP contribution in [0, 0.1) is 0 Å².